The molecule has 0 aliphatic rings. The van der Waals surface area contributed by atoms with Gasteiger partial charge in [0.15, 0.2) is 5.82 Å². The second kappa shape index (κ2) is 4.58. The molecule has 0 saturated carbocycles. The molecule has 1 heterocycles. The van der Waals surface area contributed by atoms with Crippen molar-refractivity contribution in [2.75, 3.05) is 6.61 Å². The molecular formula is C7H9F3N2O3. The second-order valence-electron chi connectivity index (χ2n) is 2.83. The lowest BCUT2D eigenvalue weighted by atomic mass is 10.4. The SMILES string of the molecule is C[C@H](O)c1nc(COCC(F)(F)F)no1. The number of aromatic nitrogens is 2. The number of aliphatic hydroxyl groups is 1. The first-order valence-corrected chi connectivity index (χ1v) is 4.03. The molecule has 0 aliphatic heterocycles. The Morgan fingerprint density at radius 2 is 2.20 bits per heavy atom. The maximum atomic E-state index is 11.7. The van der Waals surface area contributed by atoms with Crippen molar-refractivity contribution in [2.45, 2.75) is 25.8 Å². The monoisotopic (exact) mass is 226 g/mol. The number of aliphatic hydroxyl groups excluding tert-OH is 1. The molecule has 1 aromatic heterocycles. The van der Waals surface area contributed by atoms with E-state index in [1.54, 1.807) is 0 Å². The van der Waals surface area contributed by atoms with E-state index in [0.717, 1.165) is 0 Å². The average molecular weight is 226 g/mol. The zero-order valence-electron chi connectivity index (χ0n) is 7.78. The van der Waals surface area contributed by atoms with Crippen molar-refractivity contribution in [3.63, 3.8) is 0 Å². The van der Waals surface area contributed by atoms with Crippen LogP contribution in [-0.2, 0) is 11.3 Å². The predicted octanol–water partition coefficient (Wildman–Crippen LogP) is 1.20. The Labute approximate surface area is 82.8 Å². The van der Waals surface area contributed by atoms with Gasteiger partial charge in [0.2, 0.25) is 0 Å². The van der Waals surface area contributed by atoms with E-state index in [-0.39, 0.29) is 11.7 Å². The molecule has 86 valence electrons. The summed E-state index contributed by atoms with van der Waals surface area (Å²) in [5, 5.41) is 12.3. The molecule has 1 N–H and O–H groups in total. The normalized spacial score (nSPS) is 14.2. The molecule has 0 unspecified atom stereocenters. The van der Waals surface area contributed by atoms with Gasteiger partial charge >= 0.3 is 6.18 Å². The van der Waals surface area contributed by atoms with Crippen molar-refractivity contribution in [1.29, 1.82) is 0 Å². The number of nitrogens with zero attached hydrogens (tertiary/aromatic N) is 2. The summed E-state index contributed by atoms with van der Waals surface area (Å²) < 4.78 is 43.8. The number of rotatable bonds is 4. The van der Waals surface area contributed by atoms with E-state index in [2.05, 4.69) is 19.4 Å². The van der Waals surface area contributed by atoms with E-state index in [1.165, 1.54) is 6.92 Å². The molecular weight excluding hydrogens is 217 g/mol. The van der Waals surface area contributed by atoms with Crippen LogP contribution in [0.1, 0.15) is 24.7 Å². The molecule has 15 heavy (non-hydrogen) atoms. The number of halogens is 3. The molecule has 0 aliphatic carbocycles. The van der Waals surface area contributed by atoms with Gasteiger partial charge in [-0.1, -0.05) is 5.16 Å². The Morgan fingerprint density at radius 1 is 1.53 bits per heavy atom. The summed E-state index contributed by atoms with van der Waals surface area (Å²) in [6, 6.07) is 0. The number of ether oxygens (including phenoxy) is 1. The molecule has 0 aromatic carbocycles. The average Bonchev–Trinajstić information content (AvgIpc) is 2.50. The number of hydrogen-bond donors (Lipinski definition) is 1. The van der Waals surface area contributed by atoms with Crippen molar-refractivity contribution < 1.29 is 27.5 Å². The van der Waals surface area contributed by atoms with Gasteiger partial charge in [-0.3, -0.25) is 0 Å². The minimum absolute atomic E-state index is 0.0323. The van der Waals surface area contributed by atoms with Crippen molar-refractivity contribution in [3.8, 4) is 0 Å². The van der Waals surface area contributed by atoms with E-state index in [9.17, 15) is 13.2 Å². The van der Waals surface area contributed by atoms with E-state index in [0.29, 0.717) is 0 Å². The fourth-order valence-corrected chi connectivity index (χ4v) is 0.754. The molecule has 0 spiro atoms. The first kappa shape index (κ1) is 11.9. The molecule has 1 atom stereocenters. The van der Waals surface area contributed by atoms with E-state index < -0.39 is 25.5 Å². The Balaban J connectivity index is 2.38. The maximum absolute atomic E-state index is 11.7. The lowest BCUT2D eigenvalue weighted by Crippen LogP contribution is -2.17. The summed E-state index contributed by atoms with van der Waals surface area (Å²) >= 11 is 0. The minimum atomic E-state index is -4.38. The Morgan fingerprint density at radius 3 is 2.67 bits per heavy atom. The summed E-state index contributed by atoms with van der Waals surface area (Å²) in [4.78, 5) is 3.61. The van der Waals surface area contributed by atoms with Crippen molar-refractivity contribution in [3.05, 3.63) is 11.7 Å². The van der Waals surface area contributed by atoms with Crippen LogP contribution >= 0.6 is 0 Å². The van der Waals surface area contributed by atoms with Crippen LogP contribution in [0.4, 0.5) is 13.2 Å². The summed E-state index contributed by atoms with van der Waals surface area (Å²) in [6.45, 7) is -0.380. The van der Waals surface area contributed by atoms with Gasteiger partial charge in [0, 0.05) is 0 Å². The van der Waals surface area contributed by atoms with E-state index >= 15 is 0 Å². The highest BCUT2D eigenvalue weighted by atomic mass is 19.4. The van der Waals surface area contributed by atoms with Crippen LogP contribution in [0.2, 0.25) is 0 Å². The van der Waals surface area contributed by atoms with Gasteiger partial charge in [0.05, 0.1) is 0 Å². The predicted molar refractivity (Wildman–Crippen MR) is 40.6 cm³/mol. The summed E-state index contributed by atoms with van der Waals surface area (Å²) in [5.74, 6) is -0.0873. The van der Waals surface area contributed by atoms with Gasteiger partial charge in [-0.15, -0.1) is 0 Å². The fraction of sp³-hybridized carbons (Fsp3) is 0.714. The van der Waals surface area contributed by atoms with Gasteiger partial charge in [0.1, 0.15) is 19.3 Å². The van der Waals surface area contributed by atoms with Crippen LogP contribution in [0, 0.1) is 0 Å². The molecule has 5 nitrogen and oxygen atoms in total. The van der Waals surface area contributed by atoms with Gasteiger partial charge in [0.25, 0.3) is 5.89 Å². The smallest absolute Gasteiger partial charge is 0.384 e. The van der Waals surface area contributed by atoms with Gasteiger partial charge in [-0.05, 0) is 6.92 Å². The molecule has 0 radical (unpaired) electrons. The molecule has 0 fully saturated rings. The standard InChI is InChI=1S/C7H9F3N2O3/c1-4(13)6-11-5(12-15-6)2-14-3-7(8,9)10/h4,13H,2-3H2,1H3/t4-/m0/s1. The highest BCUT2D eigenvalue weighted by Crippen LogP contribution is 2.15. The molecule has 8 heteroatoms. The number of alkyl halides is 3. The van der Waals surface area contributed by atoms with Crippen molar-refractivity contribution in [1.82, 2.24) is 10.1 Å². The van der Waals surface area contributed by atoms with Gasteiger partial charge < -0.3 is 14.4 Å². The third-order valence-electron chi connectivity index (χ3n) is 1.34. The van der Waals surface area contributed by atoms with Gasteiger partial charge in [-0.2, -0.15) is 18.2 Å². The molecule has 1 aromatic rings. The highest BCUT2D eigenvalue weighted by Gasteiger charge is 2.27. The molecule has 0 bridgehead atoms. The quantitative estimate of drug-likeness (QED) is 0.835. The first-order chi connectivity index (χ1) is 6.88. The van der Waals surface area contributed by atoms with Crippen LogP contribution < -0.4 is 0 Å². The second-order valence-corrected chi connectivity index (χ2v) is 2.83. The zero-order valence-corrected chi connectivity index (χ0v) is 7.78. The molecule has 0 saturated heterocycles. The van der Waals surface area contributed by atoms with Crippen LogP contribution in [-0.4, -0.2) is 28.0 Å². The third-order valence-corrected chi connectivity index (χ3v) is 1.34. The van der Waals surface area contributed by atoms with Crippen LogP contribution in [0.3, 0.4) is 0 Å². The Bertz CT molecular complexity index is 311. The summed E-state index contributed by atoms with van der Waals surface area (Å²) in [6.07, 6.45) is -5.33. The zero-order chi connectivity index (χ0) is 11.5. The summed E-state index contributed by atoms with van der Waals surface area (Å²) in [7, 11) is 0. The van der Waals surface area contributed by atoms with Gasteiger partial charge in [-0.25, -0.2) is 0 Å². The molecule has 0 amide bonds. The lowest BCUT2D eigenvalue weighted by molar-refractivity contribution is -0.177. The lowest BCUT2D eigenvalue weighted by Gasteiger charge is -2.04. The first-order valence-electron chi connectivity index (χ1n) is 4.03. The van der Waals surface area contributed by atoms with Crippen molar-refractivity contribution in [2.24, 2.45) is 0 Å². The molecule has 1 rings (SSSR count). The van der Waals surface area contributed by atoms with Crippen LogP contribution in [0.15, 0.2) is 4.52 Å². The van der Waals surface area contributed by atoms with Crippen LogP contribution in [0.25, 0.3) is 0 Å². The van der Waals surface area contributed by atoms with E-state index in [1.807, 2.05) is 0 Å². The topological polar surface area (TPSA) is 68.4 Å². The largest absolute Gasteiger partial charge is 0.411 e. The highest BCUT2D eigenvalue weighted by molar-refractivity contribution is 4.86. The number of hydrogen-bond acceptors (Lipinski definition) is 5. The van der Waals surface area contributed by atoms with Crippen LogP contribution in [0.5, 0.6) is 0 Å². The van der Waals surface area contributed by atoms with Crippen molar-refractivity contribution >= 4 is 0 Å². The third kappa shape index (κ3) is 4.26. The maximum Gasteiger partial charge on any atom is 0.411 e. The Kier molecular flexibility index (Phi) is 3.64. The summed E-state index contributed by atoms with van der Waals surface area (Å²) in [5.41, 5.74) is 0. The fourth-order valence-electron chi connectivity index (χ4n) is 0.754. The Hall–Kier alpha value is -1.15. The van der Waals surface area contributed by atoms with E-state index in [4.69, 9.17) is 5.11 Å². The minimum Gasteiger partial charge on any atom is -0.384 e.